The van der Waals surface area contributed by atoms with E-state index in [0.29, 0.717) is 12.1 Å². The molecule has 0 aliphatic carbocycles. The molecular formula is C29H27F8N3O3. The zero-order chi connectivity index (χ0) is 32.1. The highest BCUT2D eigenvalue weighted by molar-refractivity contribution is 6.03. The van der Waals surface area contributed by atoms with Crippen molar-refractivity contribution >= 4 is 17.4 Å². The van der Waals surface area contributed by atoms with Gasteiger partial charge in [-0.15, -0.1) is 0 Å². The molecule has 2 unspecified atom stereocenters. The number of hydrogen-bond acceptors (Lipinski definition) is 5. The van der Waals surface area contributed by atoms with Crippen LogP contribution in [0.5, 0.6) is 0 Å². The third-order valence-electron chi connectivity index (χ3n) is 7.59. The molecule has 1 fully saturated rings. The lowest BCUT2D eigenvalue weighted by atomic mass is 9.81. The maximum atomic E-state index is 15.0. The van der Waals surface area contributed by atoms with Gasteiger partial charge in [-0.05, 0) is 68.3 Å². The van der Waals surface area contributed by atoms with Gasteiger partial charge < -0.3 is 20.0 Å². The number of carbonyl (C=O) groups is 1. The summed E-state index contributed by atoms with van der Waals surface area (Å²) >= 11 is 0. The molecule has 2 atom stereocenters. The number of carbonyl (C=O) groups excluding carboxylic acids is 1. The Kier molecular flexibility index (Phi) is 8.50. The fourth-order valence-corrected chi connectivity index (χ4v) is 5.09. The number of nitrogens with zero attached hydrogens (tertiary/aromatic N) is 3. The predicted octanol–water partition coefficient (Wildman–Crippen LogP) is 5.94. The molecule has 2 aromatic carbocycles. The molecule has 43 heavy (non-hydrogen) atoms. The minimum Gasteiger partial charge on any atom is -0.394 e. The fourth-order valence-electron chi connectivity index (χ4n) is 5.09. The summed E-state index contributed by atoms with van der Waals surface area (Å²) in [5.41, 5.74) is -6.27. The van der Waals surface area contributed by atoms with Crippen molar-refractivity contribution < 1.29 is 50.1 Å². The summed E-state index contributed by atoms with van der Waals surface area (Å²) < 4.78 is 110. The smallest absolute Gasteiger partial charge is 0.394 e. The van der Waals surface area contributed by atoms with Gasteiger partial charge in [0, 0.05) is 24.7 Å². The monoisotopic (exact) mass is 617 g/mol. The summed E-state index contributed by atoms with van der Waals surface area (Å²) in [4.78, 5) is 20.5. The summed E-state index contributed by atoms with van der Waals surface area (Å²) in [7, 11) is 1.18. The molecule has 0 saturated carbocycles. The molecule has 3 aromatic rings. The van der Waals surface area contributed by atoms with Crippen LogP contribution in [0.25, 0.3) is 11.1 Å². The maximum absolute atomic E-state index is 15.0. The molecule has 1 amide bonds. The zero-order valence-electron chi connectivity index (χ0n) is 23.1. The first kappa shape index (κ1) is 32.1. The summed E-state index contributed by atoms with van der Waals surface area (Å²) in [6.45, 7) is 2.09. The molecule has 1 aliphatic rings. The van der Waals surface area contributed by atoms with Gasteiger partial charge in [0.25, 0.3) is 0 Å². The van der Waals surface area contributed by atoms with Crippen LogP contribution < -0.4 is 9.80 Å². The fraction of sp³-hybridized carbons (Fsp3) is 0.379. The Morgan fingerprint density at radius 3 is 2.09 bits per heavy atom. The van der Waals surface area contributed by atoms with E-state index < -0.39 is 70.8 Å². The van der Waals surface area contributed by atoms with E-state index in [4.69, 9.17) is 0 Å². The zero-order valence-corrected chi connectivity index (χ0v) is 23.1. The van der Waals surface area contributed by atoms with E-state index in [1.165, 1.54) is 13.1 Å². The minimum atomic E-state index is -5.14. The lowest BCUT2D eigenvalue weighted by Crippen LogP contribution is -2.42. The van der Waals surface area contributed by atoms with E-state index in [9.17, 15) is 45.7 Å². The molecule has 2 N–H and O–H groups in total. The molecule has 0 spiro atoms. The topological polar surface area (TPSA) is 76.9 Å². The van der Waals surface area contributed by atoms with Crippen molar-refractivity contribution in [2.45, 2.75) is 50.2 Å². The Labute approximate surface area is 241 Å². The molecule has 14 heteroatoms. The van der Waals surface area contributed by atoms with Crippen LogP contribution in [0.2, 0.25) is 0 Å². The number of likely N-dealkylation sites (N-methyl/N-ethyl adjacent to an activating group) is 1. The van der Waals surface area contributed by atoms with Crippen molar-refractivity contribution in [3.63, 3.8) is 0 Å². The largest absolute Gasteiger partial charge is 0.416 e. The Bertz CT molecular complexity index is 1490. The van der Waals surface area contributed by atoms with Gasteiger partial charge in [0.2, 0.25) is 5.91 Å². The number of anilines is 2. The van der Waals surface area contributed by atoms with Crippen molar-refractivity contribution in [2.24, 2.45) is 0 Å². The summed E-state index contributed by atoms with van der Waals surface area (Å²) in [6, 6.07) is 3.98. The van der Waals surface area contributed by atoms with E-state index in [-0.39, 0.29) is 41.7 Å². The van der Waals surface area contributed by atoms with Gasteiger partial charge in [-0.2, -0.15) is 26.3 Å². The van der Waals surface area contributed by atoms with Gasteiger partial charge in [0.1, 0.15) is 17.5 Å². The molecule has 0 radical (unpaired) electrons. The second-order valence-corrected chi connectivity index (χ2v) is 10.8. The van der Waals surface area contributed by atoms with Crippen LogP contribution in [-0.2, 0) is 22.6 Å². The van der Waals surface area contributed by atoms with E-state index >= 15 is 4.39 Å². The number of halogens is 8. The highest BCUT2D eigenvalue weighted by Gasteiger charge is 2.41. The quantitative estimate of drug-likeness (QED) is 0.335. The standard InChI is InChI=1S/C29H27F8N3O3/c1-27(2,15-8-16(28(32,33)34)10-17(9-15)29(35,36)37)26(43)39(3)22-13-38-25(40-7-6-24(42)23(40)14-41)12-20(22)19-11-18(30)4-5-21(19)31/h4-5,8-13,23-24,41-42H,6-7,14H2,1-3H3. The number of alkyl halides is 6. The highest BCUT2D eigenvalue weighted by atomic mass is 19.4. The van der Waals surface area contributed by atoms with Crippen molar-refractivity contribution in [1.82, 2.24) is 4.98 Å². The molecular weight excluding hydrogens is 590 g/mol. The SMILES string of the molecule is CN(C(=O)C(C)(C)c1cc(C(F)(F)F)cc(C(F)(F)F)c1)c1cnc(N2CCC(O)C2CO)cc1-c1cc(F)ccc1F. The van der Waals surface area contributed by atoms with Gasteiger partial charge in [0.15, 0.2) is 0 Å². The molecule has 4 rings (SSSR count). The minimum absolute atomic E-state index is 0.0455. The van der Waals surface area contributed by atoms with Crippen molar-refractivity contribution in [3.05, 3.63) is 77.0 Å². The van der Waals surface area contributed by atoms with Crippen LogP contribution in [0.1, 0.15) is 37.0 Å². The lowest BCUT2D eigenvalue weighted by molar-refractivity contribution is -0.143. The van der Waals surface area contributed by atoms with Crippen LogP contribution in [0.4, 0.5) is 46.6 Å². The van der Waals surface area contributed by atoms with Crippen LogP contribution in [-0.4, -0.2) is 53.4 Å². The molecule has 1 saturated heterocycles. The number of pyridine rings is 1. The normalized spacial score (nSPS) is 17.8. The van der Waals surface area contributed by atoms with Gasteiger partial charge >= 0.3 is 12.4 Å². The molecule has 1 aromatic heterocycles. The third kappa shape index (κ3) is 6.30. The molecule has 0 bridgehead atoms. The molecule has 1 aliphatic heterocycles. The average Bonchev–Trinajstić information content (AvgIpc) is 3.32. The first-order valence-corrected chi connectivity index (χ1v) is 13.0. The summed E-state index contributed by atoms with van der Waals surface area (Å²) in [5, 5.41) is 20.0. The number of aliphatic hydroxyl groups is 2. The molecule has 2 heterocycles. The number of aromatic nitrogens is 1. The maximum Gasteiger partial charge on any atom is 0.416 e. The average molecular weight is 618 g/mol. The lowest BCUT2D eigenvalue weighted by Gasteiger charge is -2.32. The van der Waals surface area contributed by atoms with Crippen LogP contribution in [0.3, 0.4) is 0 Å². The third-order valence-corrected chi connectivity index (χ3v) is 7.59. The van der Waals surface area contributed by atoms with Crippen molar-refractivity contribution in [3.8, 4) is 11.1 Å². The Balaban J connectivity index is 1.84. The number of hydrogen-bond donors (Lipinski definition) is 2. The van der Waals surface area contributed by atoms with Crippen molar-refractivity contribution in [2.75, 3.05) is 30.0 Å². The molecule has 6 nitrogen and oxygen atoms in total. The van der Waals surface area contributed by atoms with Crippen LogP contribution in [0.15, 0.2) is 48.7 Å². The highest BCUT2D eigenvalue weighted by Crippen LogP contribution is 2.41. The molecule has 232 valence electrons. The van der Waals surface area contributed by atoms with Gasteiger partial charge in [0.05, 0.1) is 47.2 Å². The summed E-state index contributed by atoms with van der Waals surface area (Å²) in [6.07, 6.45) is -9.78. The Morgan fingerprint density at radius 1 is 0.953 bits per heavy atom. The number of rotatable bonds is 6. The number of benzene rings is 2. The van der Waals surface area contributed by atoms with Gasteiger partial charge in [-0.3, -0.25) is 4.79 Å². The Hall–Kier alpha value is -3.78. The van der Waals surface area contributed by atoms with E-state index in [2.05, 4.69) is 4.98 Å². The van der Waals surface area contributed by atoms with Gasteiger partial charge in [-0.25, -0.2) is 13.8 Å². The summed E-state index contributed by atoms with van der Waals surface area (Å²) in [5.74, 6) is -2.56. The van der Waals surface area contributed by atoms with E-state index in [0.717, 1.165) is 43.1 Å². The van der Waals surface area contributed by atoms with Crippen LogP contribution in [0, 0.1) is 11.6 Å². The first-order valence-electron chi connectivity index (χ1n) is 13.0. The number of aliphatic hydroxyl groups excluding tert-OH is 2. The Morgan fingerprint density at radius 2 is 1.53 bits per heavy atom. The number of amides is 1. The van der Waals surface area contributed by atoms with E-state index in [1.54, 1.807) is 4.90 Å². The second kappa shape index (κ2) is 11.4. The predicted molar refractivity (Wildman–Crippen MR) is 141 cm³/mol. The first-order chi connectivity index (χ1) is 19.9. The second-order valence-electron chi connectivity index (χ2n) is 10.8. The van der Waals surface area contributed by atoms with Crippen LogP contribution >= 0.6 is 0 Å². The van der Waals surface area contributed by atoms with Crippen molar-refractivity contribution in [1.29, 1.82) is 0 Å². The van der Waals surface area contributed by atoms with E-state index in [1.807, 2.05) is 0 Å². The van der Waals surface area contributed by atoms with Gasteiger partial charge in [-0.1, -0.05) is 0 Å².